The molecule has 0 aliphatic carbocycles. The minimum atomic E-state index is -0.908. The fourth-order valence-corrected chi connectivity index (χ4v) is 2.32. The average Bonchev–Trinajstić information content (AvgIpc) is 2.85. The van der Waals surface area contributed by atoms with Crippen molar-refractivity contribution in [2.75, 3.05) is 11.9 Å². The molecular weight excluding hydrogens is 260 g/mol. The van der Waals surface area contributed by atoms with Gasteiger partial charge in [-0.15, -0.1) is 0 Å². The van der Waals surface area contributed by atoms with Crippen molar-refractivity contribution in [2.24, 2.45) is 5.73 Å². The van der Waals surface area contributed by atoms with Gasteiger partial charge >= 0.3 is 5.97 Å². The first-order chi connectivity index (χ1) is 9.47. The van der Waals surface area contributed by atoms with Crippen LogP contribution in [-0.4, -0.2) is 35.7 Å². The highest BCUT2D eigenvalue weighted by molar-refractivity contribution is 5.94. The number of carbonyl (C=O) groups excluding carboxylic acids is 1. The number of aliphatic carboxylic acids is 1. The summed E-state index contributed by atoms with van der Waals surface area (Å²) in [6, 6.07) is 5.29. The maximum Gasteiger partial charge on any atom is 0.332 e. The number of aryl methyl sites for hydroxylation is 1. The smallest absolute Gasteiger partial charge is 0.332 e. The first kappa shape index (κ1) is 14.3. The predicted molar refractivity (Wildman–Crippen MR) is 73.7 cm³/mol. The number of carbonyl (C=O) groups is 2. The van der Waals surface area contributed by atoms with Crippen LogP contribution < -0.4 is 11.1 Å². The molecule has 1 aliphatic rings. The van der Waals surface area contributed by atoms with Crippen molar-refractivity contribution in [3.8, 4) is 0 Å². The fraction of sp³-hybridized carbons (Fsp3) is 0.429. The third-order valence-electron chi connectivity index (χ3n) is 3.41. The minimum Gasteiger partial charge on any atom is -0.479 e. The van der Waals surface area contributed by atoms with E-state index in [1.54, 1.807) is 12.1 Å². The maximum atomic E-state index is 11.1. The molecular formula is C14H18N2O4. The lowest BCUT2D eigenvalue weighted by atomic mass is 10.1. The van der Waals surface area contributed by atoms with Crippen LogP contribution in [0, 0.1) is 6.92 Å². The second-order valence-electron chi connectivity index (χ2n) is 4.94. The molecule has 0 aromatic heterocycles. The lowest BCUT2D eigenvalue weighted by Crippen LogP contribution is -2.24. The number of primary amides is 1. The first-order valence-electron chi connectivity index (χ1n) is 6.50. The molecule has 1 saturated heterocycles. The van der Waals surface area contributed by atoms with Gasteiger partial charge in [0.05, 0.1) is 6.10 Å². The Balaban J connectivity index is 1.90. The Morgan fingerprint density at radius 2 is 2.20 bits per heavy atom. The van der Waals surface area contributed by atoms with E-state index >= 15 is 0 Å². The second kappa shape index (κ2) is 5.92. The number of anilines is 1. The third kappa shape index (κ3) is 3.27. The lowest BCUT2D eigenvalue weighted by molar-refractivity contribution is -0.149. The van der Waals surface area contributed by atoms with Gasteiger partial charge < -0.3 is 20.9 Å². The number of hydrogen-bond donors (Lipinski definition) is 3. The van der Waals surface area contributed by atoms with Gasteiger partial charge in [0.15, 0.2) is 6.10 Å². The molecule has 6 heteroatoms. The quantitative estimate of drug-likeness (QED) is 0.749. The Bertz CT molecular complexity index is 530. The van der Waals surface area contributed by atoms with Crippen LogP contribution in [0.15, 0.2) is 18.2 Å². The molecule has 0 radical (unpaired) electrons. The van der Waals surface area contributed by atoms with Crippen molar-refractivity contribution in [1.29, 1.82) is 0 Å². The van der Waals surface area contributed by atoms with Crippen LogP contribution in [-0.2, 0) is 9.53 Å². The van der Waals surface area contributed by atoms with Gasteiger partial charge in [0, 0.05) is 17.8 Å². The normalized spacial score (nSPS) is 21.6. The highest BCUT2D eigenvalue weighted by atomic mass is 16.5. The monoisotopic (exact) mass is 278 g/mol. The molecule has 0 spiro atoms. The van der Waals surface area contributed by atoms with Gasteiger partial charge in [-0.05, 0) is 43.5 Å². The van der Waals surface area contributed by atoms with Crippen LogP contribution in [0.4, 0.5) is 5.69 Å². The molecule has 20 heavy (non-hydrogen) atoms. The van der Waals surface area contributed by atoms with E-state index in [1.165, 1.54) is 0 Å². The molecule has 0 bridgehead atoms. The second-order valence-corrected chi connectivity index (χ2v) is 4.94. The first-order valence-corrected chi connectivity index (χ1v) is 6.50. The van der Waals surface area contributed by atoms with Crippen LogP contribution >= 0.6 is 0 Å². The maximum absolute atomic E-state index is 11.1. The van der Waals surface area contributed by atoms with Crippen molar-refractivity contribution in [3.05, 3.63) is 29.3 Å². The van der Waals surface area contributed by atoms with E-state index in [2.05, 4.69) is 5.32 Å². The molecule has 6 nitrogen and oxygen atoms in total. The number of benzene rings is 1. The summed E-state index contributed by atoms with van der Waals surface area (Å²) in [5, 5.41) is 12.0. The number of carboxylic acid groups (broad SMARTS) is 1. The van der Waals surface area contributed by atoms with Crippen LogP contribution in [0.2, 0.25) is 0 Å². The zero-order valence-electron chi connectivity index (χ0n) is 11.3. The summed E-state index contributed by atoms with van der Waals surface area (Å²) < 4.78 is 5.40. The van der Waals surface area contributed by atoms with Crippen LogP contribution in [0.3, 0.4) is 0 Å². The standard InChI is InChI=1S/C14H18N2O4/c1-8-6-9(2-4-11(8)13(15)17)16-7-10-3-5-12(20-10)14(18)19/h2,4,6,10,12,16H,3,5,7H2,1H3,(H2,15,17)(H,18,19). The zero-order chi connectivity index (χ0) is 14.7. The Labute approximate surface area is 116 Å². The van der Waals surface area contributed by atoms with E-state index in [0.717, 1.165) is 17.7 Å². The number of hydrogen-bond acceptors (Lipinski definition) is 4. The number of ether oxygens (including phenoxy) is 1. The summed E-state index contributed by atoms with van der Waals surface area (Å²) in [4.78, 5) is 21.9. The van der Waals surface area contributed by atoms with Crippen molar-refractivity contribution in [1.82, 2.24) is 0 Å². The van der Waals surface area contributed by atoms with Gasteiger partial charge in [-0.25, -0.2) is 4.79 Å². The van der Waals surface area contributed by atoms with Crippen molar-refractivity contribution in [2.45, 2.75) is 32.0 Å². The summed E-state index contributed by atoms with van der Waals surface area (Å²) in [5.41, 5.74) is 7.41. The lowest BCUT2D eigenvalue weighted by Gasteiger charge is -2.14. The van der Waals surface area contributed by atoms with Crippen molar-refractivity contribution >= 4 is 17.6 Å². The molecule has 1 heterocycles. The Hall–Kier alpha value is -2.08. The number of carboxylic acids is 1. The molecule has 1 amide bonds. The van der Waals surface area contributed by atoms with Gasteiger partial charge in [-0.2, -0.15) is 0 Å². The summed E-state index contributed by atoms with van der Waals surface area (Å²) in [6.45, 7) is 2.36. The largest absolute Gasteiger partial charge is 0.479 e. The summed E-state index contributed by atoms with van der Waals surface area (Å²) >= 11 is 0. The van der Waals surface area contributed by atoms with E-state index in [9.17, 15) is 9.59 Å². The topological polar surface area (TPSA) is 102 Å². The Morgan fingerprint density at radius 1 is 1.45 bits per heavy atom. The molecule has 108 valence electrons. The van der Waals surface area contributed by atoms with E-state index in [-0.39, 0.29) is 6.10 Å². The average molecular weight is 278 g/mol. The van der Waals surface area contributed by atoms with E-state index in [4.69, 9.17) is 15.6 Å². The molecule has 1 fully saturated rings. The number of amides is 1. The molecule has 2 atom stereocenters. The SMILES string of the molecule is Cc1cc(NCC2CCC(C(=O)O)O2)ccc1C(N)=O. The molecule has 2 rings (SSSR count). The van der Waals surface area contributed by atoms with E-state index in [0.29, 0.717) is 18.5 Å². The van der Waals surface area contributed by atoms with Crippen molar-refractivity contribution < 1.29 is 19.4 Å². The highest BCUT2D eigenvalue weighted by Crippen LogP contribution is 2.21. The third-order valence-corrected chi connectivity index (χ3v) is 3.41. The molecule has 1 aromatic rings. The summed E-state index contributed by atoms with van der Waals surface area (Å²) in [6.07, 6.45) is 0.469. The Morgan fingerprint density at radius 3 is 2.75 bits per heavy atom. The van der Waals surface area contributed by atoms with Gasteiger partial charge in [0.2, 0.25) is 5.91 Å². The molecule has 4 N–H and O–H groups in total. The van der Waals surface area contributed by atoms with Gasteiger partial charge in [0.1, 0.15) is 0 Å². The van der Waals surface area contributed by atoms with Crippen molar-refractivity contribution in [3.63, 3.8) is 0 Å². The number of nitrogens with two attached hydrogens (primary N) is 1. The van der Waals surface area contributed by atoms with E-state index in [1.807, 2.05) is 13.0 Å². The van der Waals surface area contributed by atoms with Crippen LogP contribution in [0.25, 0.3) is 0 Å². The molecule has 1 aromatic carbocycles. The van der Waals surface area contributed by atoms with E-state index < -0.39 is 18.0 Å². The summed E-state index contributed by atoms with van der Waals surface area (Å²) in [5.74, 6) is -1.35. The van der Waals surface area contributed by atoms with Gasteiger partial charge in [-0.3, -0.25) is 4.79 Å². The van der Waals surface area contributed by atoms with Crippen LogP contribution in [0.5, 0.6) is 0 Å². The fourth-order valence-electron chi connectivity index (χ4n) is 2.32. The molecule has 0 saturated carbocycles. The zero-order valence-corrected chi connectivity index (χ0v) is 11.3. The Kier molecular flexibility index (Phi) is 4.24. The number of nitrogens with one attached hydrogen (secondary N) is 1. The van der Waals surface area contributed by atoms with Gasteiger partial charge in [-0.1, -0.05) is 0 Å². The molecule has 1 aliphatic heterocycles. The molecule has 2 unspecified atom stereocenters. The summed E-state index contributed by atoms with van der Waals surface area (Å²) in [7, 11) is 0. The predicted octanol–water partition coefficient (Wildman–Crippen LogP) is 1.14. The van der Waals surface area contributed by atoms with Gasteiger partial charge in [0.25, 0.3) is 0 Å². The highest BCUT2D eigenvalue weighted by Gasteiger charge is 2.30. The number of rotatable bonds is 5. The minimum absolute atomic E-state index is 0.104. The van der Waals surface area contributed by atoms with Crippen LogP contribution in [0.1, 0.15) is 28.8 Å².